The standard InChI is InChI=1S/C28H25Cl2N3/c1-4-32-20-8-6-5-7-16(20)23-22(32)12-10-19-24(23)28(2,3)18-14-33-21-11-9-15(29)13-17(21)25(30)27(33)26(18)31-19/h5-13,18,26,31H,4,14H2,1-3H3/t18-,26-/m1/s1. The minimum Gasteiger partial charge on any atom is -0.376 e. The fourth-order valence-electron chi connectivity index (χ4n) is 6.74. The maximum absolute atomic E-state index is 6.99. The first-order valence-corrected chi connectivity index (χ1v) is 12.5. The van der Waals surface area contributed by atoms with Gasteiger partial charge in [-0.1, -0.05) is 55.2 Å². The Morgan fingerprint density at radius 2 is 1.76 bits per heavy atom. The SMILES string of the molecule is CCn1c2ccccc2c2c3c(ccc21)N[C@H]1c2c(Cl)c4cc(Cl)ccc4n2C[C@H]1C3(C)C. The molecule has 5 heteroatoms. The third-order valence-electron chi connectivity index (χ3n) is 8.21. The molecule has 33 heavy (non-hydrogen) atoms. The number of aromatic nitrogens is 2. The molecule has 0 aliphatic carbocycles. The van der Waals surface area contributed by atoms with Gasteiger partial charge in [-0.3, -0.25) is 0 Å². The van der Waals surface area contributed by atoms with Gasteiger partial charge in [0.05, 0.1) is 16.8 Å². The predicted molar refractivity (Wildman–Crippen MR) is 140 cm³/mol. The van der Waals surface area contributed by atoms with Crippen LogP contribution in [0.4, 0.5) is 5.69 Å². The van der Waals surface area contributed by atoms with Gasteiger partial charge in [0.2, 0.25) is 0 Å². The van der Waals surface area contributed by atoms with Crippen LogP contribution in [0.25, 0.3) is 32.7 Å². The largest absolute Gasteiger partial charge is 0.376 e. The van der Waals surface area contributed by atoms with E-state index < -0.39 is 0 Å². The Kier molecular flexibility index (Phi) is 3.90. The number of nitrogens with one attached hydrogen (secondary N) is 1. The van der Waals surface area contributed by atoms with Gasteiger partial charge in [0, 0.05) is 62.4 Å². The van der Waals surface area contributed by atoms with Gasteiger partial charge in [-0.2, -0.15) is 0 Å². The first kappa shape index (κ1) is 19.8. The molecule has 0 spiro atoms. The Labute approximate surface area is 202 Å². The van der Waals surface area contributed by atoms with E-state index in [1.54, 1.807) is 0 Å². The zero-order valence-electron chi connectivity index (χ0n) is 18.9. The second-order valence-electron chi connectivity index (χ2n) is 10.1. The Balaban J connectivity index is 1.50. The number of halogens is 2. The van der Waals surface area contributed by atoms with Gasteiger partial charge in [-0.25, -0.2) is 0 Å². The fraction of sp³-hybridized carbons (Fsp3) is 0.286. The van der Waals surface area contributed by atoms with Crippen molar-refractivity contribution in [1.82, 2.24) is 9.13 Å². The molecule has 4 heterocycles. The second kappa shape index (κ2) is 6.49. The average molecular weight is 474 g/mol. The molecule has 2 atom stereocenters. The number of nitrogens with zero attached hydrogens (tertiary/aromatic N) is 2. The number of anilines is 1. The smallest absolute Gasteiger partial charge is 0.0734 e. The molecule has 0 unspecified atom stereocenters. The van der Waals surface area contributed by atoms with Crippen LogP contribution < -0.4 is 5.32 Å². The molecule has 7 rings (SSSR count). The molecule has 0 fully saturated rings. The van der Waals surface area contributed by atoms with Crippen molar-refractivity contribution in [1.29, 1.82) is 0 Å². The van der Waals surface area contributed by atoms with E-state index in [-0.39, 0.29) is 11.5 Å². The number of fused-ring (bicyclic) bond motifs is 10. The van der Waals surface area contributed by atoms with Gasteiger partial charge in [0.25, 0.3) is 0 Å². The van der Waals surface area contributed by atoms with E-state index in [4.69, 9.17) is 23.2 Å². The van der Waals surface area contributed by atoms with Crippen molar-refractivity contribution in [2.24, 2.45) is 5.92 Å². The molecule has 3 aromatic carbocycles. The minimum absolute atomic E-state index is 0.0332. The Bertz CT molecular complexity index is 1620. The number of rotatable bonds is 1. The predicted octanol–water partition coefficient (Wildman–Crippen LogP) is 8.15. The second-order valence-corrected chi connectivity index (χ2v) is 10.9. The Morgan fingerprint density at radius 1 is 0.970 bits per heavy atom. The lowest BCUT2D eigenvalue weighted by Gasteiger charge is -2.43. The summed E-state index contributed by atoms with van der Waals surface area (Å²) in [6, 6.07) is 19.6. The van der Waals surface area contributed by atoms with Crippen molar-refractivity contribution < 1.29 is 0 Å². The third kappa shape index (κ3) is 2.37. The molecule has 166 valence electrons. The van der Waals surface area contributed by atoms with Gasteiger partial charge >= 0.3 is 0 Å². The summed E-state index contributed by atoms with van der Waals surface area (Å²) in [5, 5.41) is 9.25. The normalized spacial score (nSPS) is 20.8. The molecule has 0 saturated heterocycles. The maximum Gasteiger partial charge on any atom is 0.0734 e. The molecule has 0 amide bonds. The summed E-state index contributed by atoms with van der Waals surface area (Å²) in [7, 11) is 0. The monoisotopic (exact) mass is 473 g/mol. The summed E-state index contributed by atoms with van der Waals surface area (Å²) in [6.07, 6.45) is 0. The van der Waals surface area contributed by atoms with Crippen molar-refractivity contribution in [3.8, 4) is 0 Å². The Morgan fingerprint density at radius 3 is 2.58 bits per heavy atom. The highest BCUT2D eigenvalue weighted by Crippen LogP contribution is 2.57. The number of aryl methyl sites for hydroxylation is 1. The van der Waals surface area contributed by atoms with Crippen LogP contribution in [0.2, 0.25) is 10.0 Å². The lowest BCUT2D eigenvalue weighted by molar-refractivity contribution is 0.276. The van der Waals surface area contributed by atoms with Crippen molar-refractivity contribution in [3.63, 3.8) is 0 Å². The topological polar surface area (TPSA) is 21.9 Å². The van der Waals surface area contributed by atoms with E-state index in [1.165, 1.54) is 44.3 Å². The lowest BCUT2D eigenvalue weighted by Crippen LogP contribution is -2.39. The zero-order chi connectivity index (χ0) is 22.6. The number of hydrogen-bond donors (Lipinski definition) is 1. The van der Waals surface area contributed by atoms with E-state index in [9.17, 15) is 0 Å². The van der Waals surface area contributed by atoms with Gasteiger partial charge < -0.3 is 14.5 Å². The van der Waals surface area contributed by atoms with Gasteiger partial charge in [-0.15, -0.1) is 0 Å². The molecular formula is C28H25Cl2N3. The van der Waals surface area contributed by atoms with Gasteiger partial charge in [-0.05, 0) is 54.3 Å². The van der Waals surface area contributed by atoms with Crippen LogP contribution in [-0.2, 0) is 18.5 Å². The van der Waals surface area contributed by atoms with Crippen molar-refractivity contribution >= 4 is 61.6 Å². The highest BCUT2D eigenvalue weighted by molar-refractivity contribution is 6.38. The van der Waals surface area contributed by atoms with Gasteiger partial charge in [0.15, 0.2) is 0 Å². The van der Waals surface area contributed by atoms with E-state index in [2.05, 4.69) is 77.7 Å². The summed E-state index contributed by atoms with van der Waals surface area (Å²) in [6.45, 7) is 8.96. The van der Waals surface area contributed by atoms with Crippen LogP contribution in [0.3, 0.4) is 0 Å². The highest BCUT2D eigenvalue weighted by Gasteiger charge is 2.50. The van der Waals surface area contributed by atoms with Gasteiger partial charge in [0.1, 0.15) is 0 Å². The zero-order valence-corrected chi connectivity index (χ0v) is 20.4. The molecular weight excluding hydrogens is 449 g/mol. The molecule has 2 aliphatic rings. The summed E-state index contributed by atoms with van der Waals surface area (Å²) in [4.78, 5) is 0. The molecule has 2 aromatic heterocycles. The van der Waals surface area contributed by atoms with Crippen molar-refractivity contribution in [3.05, 3.63) is 75.9 Å². The molecule has 5 aromatic rings. The quantitative estimate of drug-likeness (QED) is 0.260. The van der Waals surface area contributed by atoms with E-state index >= 15 is 0 Å². The van der Waals surface area contributed by atoms with Crippen LogP contribution in [0.1, 0.15) is 38.1 Å². The first-order chi connectivity index (χ1) is 15.9. The number of hydrogen-bond acceptors (Lipinski definition) is 1. The lowest BCUT2D eigenvalue weighted by atomic mass is 9.66. The summed E-state index contributed by atoms with van der Waals surface area (Å²) in [5.41, 5.74) is 7.61. The molecule has 0 saturated carbocycles. The van der Waals surface area contributed by atoms with Crippen LogP contribution in [-0.4, -0.2) is 9.13 Å². The minimum atomic E-state index is -0.0332. The van der Waals surface area contributed by atoms with Crippen molar-refractivity contribution in [2.45, 2.75) is 45.3 Å². The fourth-order valence-corrected chi connectivity index (χ4v) is 7.28. The van der Waals surface area contributed by atoms with Crippen LogP contribution in [0.15, 0.2) is 54.6 Å². The summed E-state index contributed by atoms with van der Waals surface area (Å²) < 4.78 is 4.86. The number of para-hydroxylation sites is 1. The van der Waals surface area contributed by atoms with E-state index in [0.29, 0.717) is 5.92 Å². The average Bonchev–Trinajstić information content (AvgIpc) is 3.42. The summed E-state index contributed by atoms with van der Waals surface area (Å²) >= 11 is 13.3. The molecule has 0 bridgehead atoms. The van der Waals surface area contributed by atoms with E-state index in [0.717, 1.165) is 28.5 Å². The molecule has 2 aliphatic heterocycles. The number of benzene rings is 3. The van der Waals surface area contributed by atoms with Crippen LogP contribution >= 0.6 is 23.2 Å². The molecule has 0 radical (unpaired) electrons. The Hall–Kier alpha value is -2.62. The van der Waals surface area contributed by atoms with Crippen LogP contribution in [0.5, 0.6) is 0 Å². The van der Waals surface area contributed by atoms with E-state index in [1.807, 2.05) is 12.1 Å². The summed E-state index contributed by atoms with van der Waals surface area (Å²) in [5.74, 6) is 0.395. The highest BCUT2D eigenvalue weighted by atomic mass is 35.5. The van der Waals surface area contributed by atoms with Crippen LogP contribution in [0, 0.1) is 5.92 Å². The molecule has 3 nitrogen and oxygen atoms in total. The third-order valence-corrected chi connectivity index (χ3v) is 8.85. The maximum atomic E-state index is 6.99. The van der Waals surface area contributed by atoms with Crippen molar-refractivity contribution in [2.75, 3.05) is 5.32 Å². The first-order valence-electron chi connectivity index (χ1n) is 11.7. The molecule has 1 N–H and O–H groups in total.